The monoisotopic (exact) mass is 174 g/mol. The van der Waals surface area contributed by atoms with E-state index < -0.39 is 0 Å². The van der Waals surface area contributed by atoms with E-state index in [1.54, 1.807) is 5.54 Å². The number of likely N-dealkylation sites (tertiary alicyclic amines) is 1. The average molecular weight is 175 g/mol. The van der Waals surface area contributed by atoms with Gasteiger partial charge in [0, 0.05) is 18.1 Å². The number of rotatable bonds is 2. The van der Waals surface area contributed by atoms with E-state index >= 15 is 0 Å². The summed E-state index contributed by atoms with van der Waals surface area (Å²) in [4.78, 5) is 2.36. The molecule has 11 heavy (non-hydrogen) atoms. The molecule has 0 radical (unpaired) electrons. The van der Waals surface area contributed by atoms with Crippen LogP contribution in [0.4, 0.5) is 0 Å². The minimum Gasteiger partial charge on any atom is -0.328 e. The first-order chi connectivity index (χ1) is 5.33. The SMILES string of the molecule is NC1CCN(C/C=C/Cl)CC1. The summed E-state index contributed by atoms with van der Waals surface area (Å²) in [5.74, 6) is 0. The minimum absolute atomic E-state index is 0.422. The Morgan fingerprint density at radius 2 is 2.09 bits per heavy atom. The molecule has 0 bridgehead atoms. The van der Waals surface area contributed by atoms with Crippen molar-refractivity contribution in [3.05, 3.63) is 11.6 Å². The van der Waals surface area contributed by atoms with Crippen molar-refractivity contribution in [3.8, 4) is 0 Å². The molecule has 0 aromatic heterocycles. The Morgan fingerprint density at radius 1 is 1.45 bits per heavy atom. The molecule has 0 aromatic rings. The lowest BCUT2D eigenvalue weighted by Gasteiger charge is -2.28. The van der Waals surface area contributed by atoms with Gasteiger partial charge in [-0.3, -0.25) is 4.90 Å². The van der Waals surface area contributed by atoms with Crippen molar-refractivity contribution in [2.45, 2.75) is 18.9 Å². The molecule has 3 heteroatoms. The maximum atomic E-state index is 5.75. The highest BCUT2D eigenvalue weighted by Gasteiger charge is 2.13. The van der Waals surface area contributed by atoms with Gasteiger partial charge in [-0.15, -0.1) is 0 Å². The summed E-state index contributed by atoms with van der Waals surface area (Å²) < 4.78 is 0. The lowest BCUT2D eigenvalue weighted by atomic mass is 10.1. The van der Waals surface area contributed by atoms with Gasteiger partial charge in [0.2, 0.25) is 0 Å². The topological polar surface area (TPSA) is 29.3 Å². The lowest BCUT2D eigenvalue weighted by molar-refractivity contribution is 0.233. The Labute approximate surface area is 73.0 Å². The van der Waals surface area contributed by atoms with Gasteiger partial charge in [-0.2, -0.15) is 0 Å². The third kappa shape index (κ3) is 3.23. The predicted octanol–water partition coefficient (Wildman–Crippen LogP) is 1.16. The molecule has 2 N–H and O–H groups in total. The van der Waals surface area contributed by atoms with E-state index in [9.17, 15) is 0 Å². The third-order valence-electron chi connectivity index (χ3n) is 2.08. The number of piperidine rings is 1. The number of hydrogen-bond donors (Lipinski definition) is 1. The first-order valence-electron chi connectivity index (χ1n) is 4.06. The van der Waals surface area contributed by atoms with Crippen LogP contribution in [0.1, 0.15) is 12.8 Å². The fourth-order valence-electron chi connectivity index (χ4n) is 1.32. The van der Waals surface area contributed by atoms with Gasteiger partial charge < -0.3 is 5.73 Å². The van der Waals surface area contributed by atoms with Gasteiger partial charge in [0.05, 0.1) is 0 Å². The highest BCUT2D eigenvalue weighted by atomic mass is 35.5. The van der Waals surface area contributed by atoms with Gasteiger partial charge >= 0.3 is 0 Å². The molecule has 1 aliphatic heterocycles. The van der Waals surface area contributed by atoms with E-state index in [1.165, 1.54) is 0 Å². The fourth-order valence-corrected chi connectivity index (χ4v) is 1.40. The average Bonchev–Trinajstić information content (AvgIpc) is 2.04. The van der Waals surface area contributed by atoms with Crippen molar-refractivity contribution in [2.24, 2.45) is 5.73 Å². The summed E-state index contributed by atoms with van der Waals surface area (Å²) in [7, 11) is 0. The van der Waals surface area contributed by atoms with E-state index in [1.807, 2.05) is 6.08 Å². The molecule has 0 saturated carbocycles. The van der Waals surface area contributed by atoms with Crippen LogP contribution in [-0.2, 0) is 0 Å². The Morgan fingerprint density at radius 3 is 2.64 bits per heavy atom. The normalized spacial score (nSPS) is 23.1. The molecular formula is C8H15ClN2. The summed E-state index contributed by atoms with van der Waals surface area (Å²) in [5.41, 5.74) is 7.33. The number of hydrogen-bond acceptors (Lipinski definition) is 2. The van der Waals surface area contributed by atoms with Crippen molar-refractivity contribution in [3.63, 3.8) is 0 Å². The zero-order chi connectivity index (χ0) is 8.10. The van der Waals surface area contributed by atoms with E-state index in [0.717, 1.165) is 32.5 Å². The Kier molecular flexibility index (Phi) is 3.91. The molecule has 1 fully saturated rings. The van der Waals surface area contributed by atoms with Gasteiger partial charge in [-0.25, -0.2) is 0 Å². The summed E-state index contributed by atoms with van der Waals surface area (Å²) in [6, 6.07) is 0.422. The third-order valence-corrected chi connectivity index (χ3v) is 2.26. The maximum absolute atomic E-state index is 5.75. The fraction of sp³-hybridized carbons (Fsp3) is 0.750. The Hall–Kier alpha value is -0.0500. The van der Waals surface area contributed by atoms with Gasteiger partial charge in [0.25, 0.3) is 0 Å². The van der Waals surface area contributed by atoms with E-state index in [4.69, 9.17) is 17.3 Å². The molecule has 1 rings (SSSR count). The van der Waals surface area contributed by atoms with Gasteiger partial charge in [-0.1, -0.05) is 17.7 Å². The van der Waals surface area contributed by atoms with Crippen molar-refractivity contribution >= 4 is 11.6 Å². The number of nitrogens with two attached hydrogens (primary N) is 1. The summed E-state index contributed by atoms with van der Waals surface area (Å²) in [6.45, 7) is 3.20. The van der Waals surface area contributed by atoms with Crippen molar-refractivity contribution in [2.75, 3.05) is 19.6 Å². The Balaban J connectivity index is 2.17. The zero-order valence-corrected chi connectivity index (χ0v) is 7.43. The zero-order valence-electron chi connectivity index (χ0n) is 6.67. The van der Waals surface area contributed by atoms with Gasteiger partial charge in [0.1, 0.15) is 0 Å². The molecule has 2 nitrogen and oxygen atoms in total. The van der Waals surface area contributed by atoms with E-state index in [2.05, 4.69) is 4.90 Å². The van der Waals surface area contributed by atoms with E-state index in [-0.39, 0.29) is 0 Å². The Bertz CT molecular complexity index is 128. The largest absolute Gasteiger partial charge is 0.328 e. The molecule has 0 aromatic carbocycles. The molecule has 0 amide bonds. The van der Waals surface area contributed by atoms with E-state index in [0.29, 0.717) is 6.04 Å². The second-order valence-electron chi connectivity index (χ2n) is 3.00. The van der Waals surface area contributed by atoms with Crippen LogP contribution in [0.2, 0.25) is 0 Å². The quantitative estimate of drug-likeness (QED) is 0.681. The van der Waals surface area contributed by atoms with Crippen LogP contribution in [0.5, 0.6) is 0 Å². The van der Waals surface area contributed by atoms with Crippen LogP contribution in [0.25, 0.3) is 0 Å². The summed E-state index contributed by atoms with van der Waals surface area (Å²) in [6.07, 6.45) is 4.21. The molecule has 1 aliphatic rings. The highest BCUT2D eigenvalue weighted by molar-refractivity contribution is 6.25. The molecule has 0 spiro atoms. The van der Waals surface area contributed by atoms with Crippen molar-refractivity contribution in [1.29, 1.82) is 0 Å². The second kappa shape index (κ2) is 4.75. The second-order valence-corrected chi connectivity index (χ2v) is 3.25. The van der Waals surface area contributed by atoms with Crippen molar-refractivity contribution in [1.82, 2.24) is 4.90 Å². The number of nitrogens with zero attached hydrogens (tertiary/aromatic N) is 1. The standard InChI is InChI=1S/C8H15ClN2/c9-4-1-5-11-6-2-8(10)3-7-11/h1,4,8H,2-3,5-7,10H2/b4-1+. The van der Waals surface area contributed by atoms with Gasteiger partial charge in [0.15, 0.2) is 0 Å². The smallest absolute Gasteiger partial charge is 0.0174 e. The molecule has 0 atom stereocenters. The van der Waals surface area contributed by atoms with Crippen LogP contribution in [0.15, 0.2) is 11.6 Å². The molecule has 1 saturated heterocycles. The number of halogens is 1. The molecule has 64 valence electrons. The van der Waals surface area contributed by atoms with Crippen LogP contribution in [0.3, 0.4) is 0 Å². The van der Waals surface area contributed by atoms with Gasteiger partial charge in [-0.05, 0) is 25.9 Å². The molecule has 0 aliphatic carbocycles. The predicted molar refractivity (Wildman–Crippen MR) is 48.6 cm³/mol. The van der Waals surface area contributed by atoms with Crippen LogP contribution < -0.4 is 5.73 Å². The van der Waals surface area contributed by atoms with Crippen LogP contribution in [0, 0.1) is 0 Å². The van der Waals surface area contributed by atoms with Crippen LogP contribution in [-0.4, -0.2) is 30.6 Å². The lowest BCUT2D eigenvalue weighted by Crippen LogP contribution is -2.39. The summed E-state index contributed by atoms with van der Waals surface area (Å²) >= 11 is 5.42. The highest BCUT2D eigenvalue weighted by Crippen LogP contribution is 2.07. The summed E-state index contributed by atoms with van der Waals surface area (Å²) in [5, 5.41) is 0. The van der Waals surface area contributed by atoms with Crippen LogP contribution >= 0.6 is 11.6 Å². The first kappa shape index (κ1) is 9.04. The van der Waals surface area contributed by atoms with Crippen molar-refractivity contribution < 1.29 is 0 Å². The molecule has 1 heterocycles. The maximum Gasteiger partial charge on any atom is 0.0174 e. The first-order valence-corrected chi connectivity index (χ1v) is 4.49. The molecule has 0 unspecified atom stereocenters. The molecular weight excluding hydrogens is 160 g/mol. The minimum atomic E-state index is 0.422.